The van der Waals surface area contributed by atoms with Crippen molar-refractivity contribution in [1.82, 2.24) is 10.2 Å². The second kappa shape index (κ2) is 5.90. The molecule has 0 spiro atoms. The minimum Gasteiger partial charge on any atom is -0.481 e. The number of amides is 2. The van der Waals surface area contributed by atoms with Crippen LogP contribution in [-0.4, -0.2) is 52.2 Å². The van der Waals surface area contributed by atoms with Gasteiger partial charge in [0.1, 0.15) is 6.04 Å². The standard InChI is InChI=1S/C12H20N2O5/c1-12(2)4-3-5-14(7-12)11(19)13-8(10(17)18)6-9(15)16/h8H,3-7H2,1-2H3,(H,13,19)(H,15,16)(H,17,18). The normalized spacial score (nSPS) is 19.6. The van der Waals surface area contributed by atoms with Crippen molar-refractivity contribution in [1.29, 1.82) is 0 Å². The van der Waals surface area contributed by atoms with Crippen molar-refractivity contribution < 1.29 is 24.6 Å². The smallest absolute Gasteiger partial charge is 0.326 e. The van der Waals surface area contributed by atoms with Gasteiger partial charge in [0.15, 0.2) is 0 Å². The number of carbonyl (C=O) groups is 3. The molecule has 1 fully saturated rings. The number of nitrogens with zero attached hydrogens (tertiary/aromatic N) is 1. The Bertz CT molecular complexity index is 380. The highest BCUT2D eigenvalue weighted by molar-refractivity contribution is 5.86. The lowest BCUT2D eigenvalue weighted by Crippen LogP contribution is -2.52. The molecule has 0 bridgehead atoms. The van der Waals surface area contributed by atoms with Gasteiger partial charge in [-0.15, -0.1) is 0 Å². The van der Waals surface area contributed by atoms with Crippen molar-refractivity contribution >= 4 is 18.0 Å². The average Bonchev–Trinajstić information content (AvgIpc) is 2.25. The number of carboxylic acid groups (broad SMARTS) is 2. The number of aliphatic carboxylic acids is 2. The van der Waals surface area contributed by atoms with Crippen molar-refractivity contribution in [3.8, 4) is 0 Å². The fourth-order valence-corrected chi connectivity index (χ4v) is 2.21. The maximum Gasteiger partial charge on any atom is 0.326 e. The van der Waals surface area contributed by atoms with Gasteiger partial charge in [0.25, 0.3) is 0 Å². The summed E-state index contributed by atoms with van der Waals surface area (Å²) in [5.41, 5.74) is 0.00110. The molecule has 2 amide bonds. The molecule has 1 rings (SSSR count). The Kier molecular flexibility index (Phi) is 4.74. The van der Waals surface area contributed by atoms with Crippen LogP contribution in [0.5, 0.6) is 0 Å². The maximum absolute atomic E-state index is 11.9. The highest BCUT2D eigenvalue weighted by Crippen LogP contribution is 2.28. The number of hydrogen-bond acceptors (Lipinski definition) is 3. The van der Waals surface area contributed by atoms with Crippen LogP contribution in [-0.2, 0) is 9.59 Å². The van der Waals surface area contributed by atoms with Crippen LogP contribution in [0.15, 0.2) is 0 Å². The first-order valence-electron chi connectivity index (χ1n) is 6.21. The first-order chi connectivity index (χ1) is 8.71. The molecule has 0 aromatic heterocycles. The zero-order valence-corrected chi connectivity index (χ0v) is 11.2. The van der Waals surface area contributed by atoms with Crippen LogP contribution in [0.3, 0.4) is 0 Å². The average molecular weight is 272 g/mol. The summed E-state index contributed by atoms with van der Waals surface area (Å²) < 4.78 is 0. The molecule has 1 atom stereocenters. The Hall–Kier alpha value is -1.79. The Morgan fingerprint density at radius 2 is 1.95 bits per heavy atom. The zero-order valence-electron chi connectivity index (χ0n) is 11.2. The van der Waals surface area contributed by atoms with Crippen molar-refractivity contribution in [2.24, 2.45) is 5.41 Å². The van der Waals surface area contributed by atoms with Gasteiger partial charge in [0, 0.05) is 13.1 Å². The second-order valence-corrected chi connectivity index (χ2v) is 5.63. The molecule has 3 N–H and O–H groups in total. The van der Waals surface area contributed by atoms with E-state index in [0.717, 1.165) is 12.8 Å². The molecule has 7 nitrogen and oxygen atoms in total. The predicted molar refractivity (Wildman–Crippen MR) is 66.8 cm³/mol. The molecule has 1 aliphatic rings. The lowest BCUT2D eigenvalue weighted by Gasteiger charge is -2.38. The lowest BCUT2D eigenvalue weighted by atomic mass is 9.84. The monoisotopic (exact) mass is 272 g/mol. The van der Waals surface area contributed by atoms with E-state index in [2.05, 4.69) is 5.32 Å². The number of rotatable bonds is 4. The maximum atomic E-state index is 11.9. The van der Waals surface area contributed by atoms with E-state index in [0.29, 0.717) is 13.1 Å². The van der Waals surface area contributed by atoms with Gasteiger partial charge in [0.05, 0.1) is 6.42 Å². The molecular weight excluding hydrogens is 252 g/mol. The Morgan fingerprint density at radius 3 is 2.42 bits per heavy atom. The van der Waals surface area contributed by atoms with E-state index in [1.807, 2.05) is 13.8 Å². The third-order valence-electron chi connectivity index (χ3n) is 3.16. The minimum absolute atomic E-state index is 0.00110. The Balaban J connectivity index is 2.61. The molecule has 1 heterocycles. The van der Waals surface area contributed by atoms with E-state index in [-0.39, 0.29) is 5.41 Å². The van der Waals surface area contributed by atoms with Gasteiger partial charge in [0.2, 0.25) is 0 Å². The summed E-state index contributed by atoms with van der Waals surface area (Å²) in [6, 6.07) is -1.91. The summed E-state index contributed by atoms with van der Waals surface area (Å²) >= 11 is 0. The van der Waals surface area contributed by atoms with Gasteiger partial charge in [-0.3, -0.25) is 4.79 Å². The summed E-state index contributed by atoms with van der Waals surface area (Å²) in [7, 11) is 0. The SMILES string of the molecule is CC1(C)CCCN(C(=O)NC(CC(=O)O)C(=O)O)C1. The molecule has 108 valence electrons. The van der Waals surface area contributed by atoms with Crippen molar-refractivity contribution in [3.05, 3.63) is 0 Å². The number of hydrogen-bond donors (Lipinski definition) is 3. The van der Waals surface area contributed by atoms with E-state index < -0.39 is 30.4 Å². The molecule has 0 aromatic rings. The van der Waals surface area contributed by atoms with E-state index in [1.165, 1.54) is 0 Å². The van der Waals surface area contributed by atoms with Gasteiger partial charge in [-0.2, -0.15) is 0 Å². The van der Waals surface area contributed by atoms with Gasteiger partial charge >= 0.3 is 18.0 Å². The van der Waals surface area contributed by atoms with Crippen LogP contribution in [0.25, 0.3) is 0 Å². The summed E-state index contributed by atoms with van der Waals surface area (Å²) in [4.78, 5) is 34.9. The Morgan fingerprint density at radius 1 is 1.32 bits per heavy atom. The molecule has 19 heavy (non-hydrogen) atoms. The fourth-order valence-electron chi connectivity index (χ4n) is 2.21. The first-order valence-corrected chi connectivity index (χ1v) is 6.21. The molecule has 1 aliphatic heterocycles. The third kappa shape index (κ3) is 4.76. The topological polar surface area (TPSA) is 107 Å². The number of carbonyl (C=O) groups excluding carboxylic acids is 1. The highest BCUT2D eigenvalue weighted by Gasteiger charge is 2.31. The summed E-state index contributed by atoms with van der Waals surface area (Å²) in [5.74, 6) is -2.60. The molecule has 0 aromatic carbocycles. The van der Waals surface area contributed by atoms with E-state index in [1.54, 1.807) is 4.90 Å². The number of likely N-dealkylation sites (tertiary alicyclic amines) is 1. The van der Waals surface area contributed by atoms with Gasteiger partial charge in [-0.1, -0.05) is 13.8 Å². The molecule has 0 aliphatic carbocycles. The van der Waals surface area contributed by atoms with E-state index in [4.69, 9.17) is 10.2 Å². The summed E-state index contributed by atoms with van der Waals surface area (Å²) in [6.07, 6.45) is 1.24. The summed E-state index contributed by atoms with van der Waals surface area (Å²) in [5, 5.41) is 19.7. The molecule has 0 saturated carbocycles. The number of nitrogens with one attached hydrogen (secondary N) is 1. The largest absolute Gasteiger partial charge is 0.481 e. The van der Waals surface area contributed by atoms with Crippen molar-refractivity contribution in [3.63, 3.8) is 0 Å². The summed E-state index contributed by atoms with van der Waals surface area (Å²) in [6.45, 7) is 5.18. The van der Waals surface area contributed by atoms with Crippen molar-refractivity contribution in [2.75, 3.05) is 13.1 Å². The quantitative estimate of drug-likeness (QED) is 0.700. The van der Waals surface area contributed by atoms with E-state index >= 15 is 0 Å². The van der Waals surface area contributed by atoms with E-state index in [9.17, 15) is 14.4 Å². The minimum atomic E-state index is -1.39. The van der Waals surface area contributed by atoms with Gasteiger partial charge in [-0.25, -0.2) is 9.59 Å². The molecule has 7 heteroatoms. The number of piperidine rings is 1. The van der Waals surface area contributed by atoms with Gasteiger partial charge < -0.3 is 20.4 Å². The lowest BCUT2D eigenvalue weighted by molar-refractivity contribution is -0.145. The molecular formula is C12H20N2O5. The second-order valence-electron chi connectivity index (χ2n) is 5.63. The molecule has 1 saturated heterocycles. The predicted octanol–water partition coefficient (Wildman–Crippen LogP) is 0.746. The van der Waals surface area contributed by atoms with Gasteiger partial charge in [-0.05, 0) is 18.3 Å². The van der Waals surface area contributed by atoms with Crippen LogP contribution in [0.2, 0.25) is 0 Å². The van der Waals surface area contributed by atoms with Crippen molar-refractivity contribution in [2.45, 2.75) is 39.2 Å². The highest BCUT2D eigenvalue weighted by atomic mass is 16.4. The number of carboxylic acids is 2. The van der Waals surface area contributed by atoms with Crippen LogP contribution in [0, 0.1) is 5.41 Å². The fraction of sp³-hybridized carbons (Fsp3) is 0.750. The molecule has 0 radical (unpaired) electrons. The number of urea groups is 1. The van der Waals surface area contributed by atoms with Crippen LogP contribution < -0.4 is 5.32 Å². The van der Waals surface area contributed by atoms with Crippen LogP contribution >= 0.6 is 0 Å². The third-order valence-corrected chi connectivity index (χ3v) is 3.16. The Labute approximate surface area is 111 Å². The first kappa shape index (κ1) is 15.3. The zero-order chi connectivity index (χ0) is 14.6. The van der Waals surface area contributed by atoms with Crippen LogP contribution in [0.4, 0.5) is 4.79 Å². The molecule has 1 unspecified atom stereocenters. The van der Waals surface area contributed by atoms with Crippen LogP contribution in [0.1, 0.15) is 33.1 Å².